The number of nitro benzene ring substituents is 1. The topological polar surface area (TPSA) is 93.7 Å². The lowest BCUT2D eigenvalue weighted by Crippen LogP contribution is -2.42. The van der Waals surface area contributed by atoms with E-state index in [9.17, 15) is 10.1 Å². The first-order valence-electron chi connectivity index (χ1n) is 6.17. The highest BCUT2D eigenvalue weighted by atomic mass is 16.6. The first kappa shape index (κ1) is 13.7. The van der Waals surface area contributed by atoms with Crippen LogP contribution in [0.25, 0.3) is 0 Å². The van der Waals surface area contributed by atoms with Crippen LogP contribution in [0.1, 0.15) is 12.5 Å². The van der Waals surface area contributed by atoms with Crippen LogP contribution in [0.15, 0.2) is 18.2 Å². The van der Waals surface area contributed by atoms with Gasteiger partial charge in [-0.05, 0) is 18.6 Å². The Labute approximate surface area is 111 Å². The number of nitro groups is 1. The maximum Gasteiger partial charge on any atom is 0.293 e. The SMILES string of the molecule is CC1COCCN1Cc1ccc(NN)c([N+](=O)[O-])c1. The molecule has 2 rings (SSSR count). The normalized spacial score (nSPS) is 20.2. The van der Waals surface area contributed by atoms with Crippen molar-refractivity contribution < 1.29 is 9.66 Å². The molecule has 0 radical (unpaired) electrons. The van der Waals surface area contributed by atoms with Crippen molar-refractivity contribution in [3.8, 4) is 0 Å². The Balaban J connectivity index is 2.16. The van der Waals surface area contributed by atoms with Crippen molar-refractivity contribution in [3.05, 3.63) is 33.9 Å². The molecule has 0 aromatic heterocycles. The Hall–Kier alpha value is -1.70. The molecule has 7 nitrogen and oxygen atoms in total. The molecule has 0 saturated carbocycles. The van der Waals surface area contributed by atoms with Gasteiger partial charge in [-0.25, -0.2) is 0 Å². The van der Waals surface area contributed by atoms with Crippen molar-refractivity contribution in [2.45, 2.75) is 19.5 Å². The second-order valence-corrected chi connectivity index (χ2v) is 4.65. The first-order valence-corrected chi connectivity index (χ1v) is 6.17. The molecule has 1 heterocycles. The average molecular weight is 266 g/mol. The van der Waals surface area contributed by atoms with Gasteiger partial charge in [-0.15, -0.1) is 0 Å². The summed E-state index contributed by atoms with van der Waals surface area (Å²) in [6, 6.07) is 5.38. The molecular weight excluding hydrogens is 248 g/mol. The lowest BCUT2D eigenvalue weighted by molar-refractivity contribution is -0.384. The molecule has 0 spiro atoms. The number of nitrogen functional groups attached to an aromatic ring is 1. The maximum absolute atomic E-state index is 11.0. The third-order valence-electron chi connectivity index (χ3n) is 3.31. The van der Waals surface area contributed by atoms with Crippen molar-refractivity contribution in [2.75, 3.05) is 25.2 Å². The summed E-state index contributed by atoms with van der Waals surface area (Å²) in [4.78, 5) is 12.8. The fourth-order valence-corrected chi connectivity index (χ4v) is 2.18. The molecule has 1 fully saturated rings. The van der Waals surface area contributed by atoms with Crippen LogP contribution in [-0.4, -0.2) is 35.6 Å². The smallest absolute Gasteiger partial charge is 0.293 e. The number of nitrogens with two attached hydrogens (primary N) is 1. The largest absolute Gasteiger partial charge is 0.379 e. The van der Waals surface area contributed by atoms with E-state index in [4.69, 9.17) is 10.6 Å². The Morgan fingerprint density at radius 1 is 1.63 bits per heavy atom. The summed E-state index contributed by atoms with van der Waals surface area (Å²) in [6.07, 6.45) is 0. The molecule has 0 amide bonds. The lowest BCUT2D eigenvalue weighted by atomic mass is 10.1. The van der Waals surface area contributed by atoms with Gasteiger partial charge in [-0.3, -0.25) is 20.9 Å². The third kappa shape index (κ3) is 3.19. The van der Waals surface area contributed by atoms with Gasteiger partial charge in [0.2, 0.25) is 0 Å². The van der Waals surface area contributed by atoms with Crippen molar-refractivity contribution >= 4 is 11.4 Å². The summed E-state index contributed by atoms with van der Waals surface area (Å²) in [5.74, 6) is 5.26. The summed E-state index contributed by atoms with van der Waals surface area (Å²) in [6.45, 7) is 5.00. The summed E-state index contributed by atoms with van der Waals surface area (Å²) in [7, 11) is 0. The Bertz CT molecular complexity index is 466. The van der Waals surface area contributed by atoms with Gasteiger partial charge in [0.15, 0.2) is 0 Å². The second-order valence-electron chi connectivity index (χ2n) is 4.65. The van der Waals surface area contributed by atoms with E-state index >= 15 is 0 Å². The predicted octanol–water partition coefficient (Wildman–Crippen LogP) is 1.10. The predicted molar refractivity (Wildman–Crippen MR) is 71.6 cm³/mol. The molecule has 19 heavy (non-hydrogen) atoms. The number of hydrazine groups is 1. The van der Waals surface area contributed by atoms with E-state index in [1.807, 2.05) is 6.07 Å². The van der Waals surface area contributed by atoms with E-state index < -0.39 is 4.92 Å². The molecule has 1 unspecified atom stereocenters. The van der Waals surface area contributed by atoms with Gasteiger partial charge in [0.25, 0.3) is 5.69 Å². The van der Waals surface area contributed by atoms with E-state index in [1.54, 1.807) is 12.1 Å². The summed E-state index contributed by atoms with van der Waals surface area (Å²) >= 11 is 0. The zero-order valence-electron chi connectivity index (χ0n) is 10.8. The minimum atomic E-state index is -0.429. The summed E-state index contributed by atoms with van der Waals surface area (Å²) < 4.78 is 5.37. The fraction of sp³-hybridized carbons (Fsp3) is 0.500. The summed E-state index contributed by atoms with van der Waals surface area (Å²) in [5.41, 5.74) is 3.57. The second kappa shape index (κ2) is 5.96. The molecule has 104 valence electrons. The fourth-order valence-electron chi connectivity index (χ4n) is 2.18. The van der Waals surface area contributed by atoms with Crippen LogP contribution in [0.2, 0.25) is 0 Å². The van der Waals surface area contributed by atoms with E-state index in [-0.39, 0.29) is 5.69 Å². The minimum Gasteiger partial charge on any atom is -0.379 e. The van der Waals surface area contributed by atoms with Crippen LogP contribution < -0.4 is 11.3 Å². The van der Waals surface area contributed by atoms with Crippen LogP contribution >= 0.6 is 0 Å². The number of rotatable bonds is 4. The standard InChI is InChI=1S/C12H18N4O3/c1-9-8-19-5-4-15(9)7-10-2-3-11(14-13)12(6-10)16(17)18/h2-3,6,9,14H,4-5,7-8,13H2,1H3. The zero-order valence-corrected chi connectivity index (χ0v) is 10.8. The molecule has 0 aliphatic carbocycles. The van der Waals surface area contributed by atoms with Gasteiger partial charge < -0.3 is 10.2 Å². The number of hydrogen-bond acceptors (Lipinski definition) is 6. The van der Waals surface area contributed by atoms with Gasteiger partial charge in [0.05, 0.1) is 18.1 Å². The molecule has 1 aliphatic rings. The first-order chi connectivity index (χ1) is 9.11. The number of nitrogens with one attached hydrogen (secondary N) is 1. The van der Waals surface area contributed by atoms with Crippen molar-refractivity contribution in [3.63, 3.8) is 0 Å². The van der Waals surface area contributed by atoms with Crippen LogP contribution in [0.4, 0.5) is 11.4 Å². The Morgan fingerprint density at radius 2 is 2.42 bits per heavy atom. The van der Waals surface area contributed by atoms with Gasteiger partial charge >= 0.3 is 0 Å². The summed E-state index contributed by atoms with van der Waals surface area (Å²) in [5, 5.41) is 11.0. The minimum absolute atomic E-state index is 0.000845. The van der Waals surface area contributed by atoms with Gasteiger partial charge in [0, 0.05) is 25.2 Å². The van der Waals surface area contributed by atoms with Gasteiger partial charge in [-0.1, -0.05) is 6.07 Å². The van der Waals surface area contributed by atoms with E-state index in [2.05, 4.69) is 17.2 Å². The monoisotopic (exact) mass is 266 g/mol. The lowest BCUT2D eigenvalue weighted by Gasteiger charge is -2.33. The van der Waals surface area contributed by atoms with Crippen LogP contribution in [0.3, 0.4) is 0 Å². The molecule has 1 saturated heterocycles. The number of morpholine rings is 1. The molecule has 1 aliphatic heterocycles. The maximum atomic E-state index is 11.0. The van der Waals surface area contributed by atoms with E-state index in [1.165, 1.54) is 0 Å². The number of hydrogen-bond donors (Lipinski definition) is 2. The van der Waals surface area contributed by atoms with E-state index in [0.717, 1.165) is 12.1 Å². The zero-order chi connectivity index (χ0) is 13.8. The highest BCUT2D eigenvalue weighted by molar-refractivity contribution is 5.61. The third-order valence-corrected chi connectivity index (χ3v) is 3.31. The van der Waals surface area contributed by atoms with E-state index in [0.29, 0.717) is 31.5 Å². The molecule has 7 heteroatoms. The van der Waals surface area contributed by atoms with Gasteiger partial charge in [-0.2, -0.15) is 0 Å². The van der Waals surface area contributed by atoms with Gasteiger partial charge in [0.1, 0.15) is 5.69 Å². The average Bonchev–Trinajstić information content (AvgIpc) is 2.41. The number of benzene rings is 1. The molecule has 1 atom stereocenters. The number of ether oxygens (including phenoxy) is 1. The Morgan fingerprint density at radius 3 is 3.05 bits per heavy atom. The van der Waals surface area contributed by atoms with Crippen molar-refractivity contribution in [2.24, 2.45) is 5.84 Å². The molecule has 0 bridgehead atoms. The number of anilines is 1. The van der Waals surface area contributed by atoms with Crippen molar-refractivity contribution in [1.29, 1.82) is 0 Å². The highest BCUT2D eigenvalue weighted by Gasteiger charge is 2.20. The molecular formula is C12H18N4O3. The molecule has 1 aromatic rings. The highest BCUT2D eigenvalue weighted by Crippen LogP contribution is 2.25. The van der Waals surface area contributed by atoms with Crippen LogP contribution in [-0.2, 0) is 11.3 Å². The molecule has 1 aromatic carbocycles. The molecule has 3 N–H and O–H groups in total. The van der Waals surface area contributed by atoms with Crippen LogP contribution in [0.5, 0.6) is 0 Å². The Kier molecular flexibility index (Phi) is 4.31. The quantitative estimate of drug-likeness (QED) is 0.481. The van der Waals surface area contributed by atoms with Crippen molar-refractivity contribution in [1.82, 2.24) is 4.90 Å². The van der Waals surface area contributed by atoms with Crippen LogP contribution in [0, 0.1) is 10.1 Å². The number of nitrogens with zero attached hydrogens (tertiary/aromatic N) is 2.